The first-order valence-corrected chi connectivity index (χ1v) is 23.7. The Labute approximate surface area is 456 Å². The molecule has 2 aromatic rings. The van der Waals surface area contributed by atoms with Gasteiger partial charge in [0.25, 0.3) is 0 Å². The molecule has 391 valence electrons. The molecule has 2 atom stereocenters. The van der Waals surface area contributed by atoms with Gasteiger partial charge in [-0.1, -0.05) is 0 Å². The second-order valence-corrected chi connectivity index (χ2v) is 17.5. The monoisotopic (exact) mass is 1070 g/mol. The molecule has 2 saturated heterocycles. The van der Waals surface area contributed by atoms with Crippen molar-refractivity contribution in [2.24, 2.45) is 22.0 Å². The maximum absolute atomic E-state index is 14.8. The molecular weight excluding hydrogens is 1010 g/mol. The van der Waals surface area contributed by atoms with Crippen LogP contribution in [0, 0.1) is 23.5 Å². The van der Waals surface area contributed by atoms with E-state index in [9.17, 15) is 37.5 Å². The van der Waals surface area contributed by atoms with E-state index in [4.69, 9.17) is 43.4 Å². The first kappa shape index (κ1) is 61.6. The molecule has 2 saturated carbocycles. The van der Waals surface area contributed by atoms with Crippen LogP contribution < -0.4 is 54.6 Å². The van der Waals surface area contributed by atoms with Crippen LogP contribution in [0.4, 0.5) is 41.1 Å². The number of thiocarbonyl (C=S) groups is 2. The van der Waals surface area contributed by atoms with Crippen molar-refractivity contribution >= 4 is 114 Å². The Bertz CT molecular complexity index is 2270. The average molecular weight is 1070 g/mol. The zero-order chi connectivity index (χ0) is 52.7. The van der Waals surface area contributed by atoms with Gasteiger partial charge in [-0.15, -0.1) is 0 Å². The number of nitrogens with zero attached hydrogens (tertiary/aromatic N) is 7. The molecular formula is C46H59BF2N8NaO13S2. The Hall–Kier alpha value is -5.70. The van der Waals surface area contributed by atoms with Crippen molar-refractivity contribution in [2.75, 3.05) is 79.6 Å². The minimum absolute atomic E-state index is 0. The number of hydrogen-bond donors (Lipinski definition) is 1. The van der Waals surface area contributed by atoms with E-state index in [0.717, 1.165) is 52.0 Å². The van der Waals surface area contributed by atoms with Gasteiger partial charge in [-0.3, -0.25) is 19.6 Å². The standard InChI is InChI=1S/C20H25FN4O3S.C16H19FN4O3S.C4H6O4.C4H6O.C2H3BO2.Na/c1-27-19(29)7-5-16-12-25(20(26)28-16)15-4-6-18(17(21)10-15)23-8-9-24(22-13-23)11-14-2-3-14;1-23-15(25)5-3-12-9-21(16(22)24-12)11-2-4-14(13(17)8-11)20-7-6-18-19-10-20;1-3(5)7-8-4(2)6;5-3-4-1-2-4;1-2(4)5-3;/h4,6,10,13-14,16H,2-3,5,7-9,11-12H2,1H3;2,4,8,10,12,18H,3,5-7,9H2,1H3;1-2H3;3-4H,1-2H2;1H3;/q;;;;-1;+1/t16-;12-;;;;/m00..../s1. The molecule has 4 heterocycles. The molecule has 8 rings (SSSR count). The Kier molecular flexibility index (Phi) is 26.8. The first-order valence-electron chi connectivity index (χ1n) is 22.9. The van der Waals surface area contributed by atoms with E-state index >= 15 is 0 Å². The molecule has 6 aliphatic rings. The van der Waals surface area contributed by atoms with E-state index in [1.54, 1.807) is 46.7 Å². The zero-order valence-corrected chi connectivity index (χ0v) is 45.3. The van der Waals surface area contributed by atoms with Crippen LogP contribution in [0.15, 0.2) is 46.6 Å². The van der Waals surface area contributed by atoms with Crippen LogP contribution in [0.1, 0.15) is 72.1 Å². The van der Waals surface area contributed by atoms with Gasteiger partial charge in [0.1, 0.15) is 42.8 Å². The molecule has 1 N–H and O–H groups in total. The summed E-state index contributed by atoms with van der Waals surface area (Å²) in [4.78, 5) is 77.0. The number of rotatable bonds is 13. The van der Waals surface area contributed by atoms with Crippen LogP contribution in [0.25, 0.3) is 0 Å². The maximum Gasteiger partial charge on any atom is 1.00 e. The van der Waals surface area contributed by atoms with Gasteiger partial charge in [0.2, 0.25) is 5.97 Å². The van der Waals surface area contributed by atoms with Gasteiger partial charge in [-0.2, -0.15) is 10.2 Å². The number of carbonyl (C=O) groups is 6. The number of hydrogen-bond acceptors (Lipinski definition) is 21. The van der Waals surface area contributed by atoms with Crippen molar-refractivity contribution in [3.63, 3.8) is 0 Å². The van der Waals surface area contributed by atoms with Crippen LogP contribution in [-0.4, -0.2) is 144 Å². The molecule has 3 radical (unpaired) electrons. The van der Waals surface area contributed by atoms with Crippen molar-refractivity contribution < 1.29 is 100 Å². The molecule has 21 nitrogen and oxygen atoms in total. The van der Waals surface area contributed by atoms with E-state index in [-0.39, 0.29) is 47.6 Å². The van der Waals surface area contributed by atoms with Crippen molar-refractivity contribution in [3.8, 4) is 0 Å². The summed E-state index contributed by atoms with van der Waals surface area (Å²) in [6, 6.07) is 9.50. The number of benzene rings is 2. The molecule has 2 aromatic carbocycles. The van der Waals surface area contributed by atoms with Crippen molar-refractivity contribution in [1.82, 2.24) is 10.4 Å². The first-order chi connectivity index (χ1) is 34.4. The predicted molar refractivity (Wildman–Crippen MR) is 270 cm³/mol. The molecule has 2 amide bonds. The van der Waals surface area contributed by atoms with E-state index < -0.39 is 35.9 Å². The summed E-state index contributed by atoms with van der Waals surface area (Å²) in [6.07, 6.45) is 9.80. The third-order valence-electron chi connectivity index (χ3n) is 10.8. The van der Waals surface area contributed by atoms with Crippen molar-refractivity contribution in [2.45, 2.75) is 84.3 Å². The summed E-state index contributed by atoms with van der Waals surface area (Å²) in [7, 11) is 7.36. The van der Waals surface area contributed by atoms with Crippen LogP contribution in [0.3, 0.4) is 0 Å². The van der Waals surface area contributed by atoms with Gasteiger partial charge < -0.3 is 51.7 Å². The van der Waals surface area contributed by atoms with E-state index in [0.29, 0.717) is 97.2 Å². The van der Waals surface area contributed by atoms with Gasteiger partial charge in [-0.25, -0.2) is 37.7 Å². The van der Waals surface area contributed by atoms with Crippen LogP contribution >= 0.6 is 24.4 Å². The number of nitrogens with one attached hydrogen (secondary N) is 1. The van der Waals surface area contributed by atoms with Gasteiger partial charge in [0.05, 0.1) is 63.1 Å². The topological polar surface area (TPSA) is 220 Å². The van der Waals surface area contributed by atoms with Crippen molar-refractivity contribution in [1.29, 1.82) is 0 Å². The fourth-order valence-corrected chi connectivity index (χ4v) is 6.89. The molecule has 0 aromatic heterocycles. The fourth-order valence-electron chi connectivity index (χ4n) is 6.65. The third-order valence-corrected chi connectivity index (χ3v) is 11.5. The van der Waals surface area contributed by atoms with Gasteiger partial charge >= 0.3 is 53.7 Å². The van der Waals surface area contributed by atoms with Crippen LogP contribution in [-0.2, 0) is 52.6 Å². The number of aldehydes is 1. The summed E-state index contributed by atoms with van der Waals surface area (Å²) in [5.41, 5.74) is 4.64. The second-order valence-electron chi connectivity index (χ2n) is 16.6. The van der Waals surface area contributed by atoms with E-state index in [2.05, 4.69) is 43.1 Å². The number of cyclic esters (lactones) is 2. The van der Waals surface area contributed by atoms with Gasteiger partial charge in [0, 0.05) is 59.2 Å². The number of amides is 2. The molecule has 0 bridgehead atoms. The molecule has 0 spiro atoms. The molecule has 0 unspecified atom stereocenters. The maximum atomic E-state index is 14.8. The van der Waals surface area contributed by atoms with Crippen molar-refractivity contribution in [3.05, 3.63) is 48.0 Å². The molecule has 4 aliphatic heterocycles. The number of carbonyl (C=O) groups excluding carboxylic acids is 6. The number of methoxy groups -OCH3 is 2. The molecule has 2 aliphatic carbocycles. The Morgan fingerprint density at radius 3 is 1.58 bits per heavy atom. The Balaban J connectivity index is 0.000000287. The molecule has 4 fully saturated rings. The fraction of sp³-hybridized carbons (Fsp3) is 0.522. The van der Waals surface area contributed by atoms with E-state index in [1.165, 1.54) is 55.9 Å². The summed E-state index contributed by atoms with van der Waals surface area (Å²) in [5.74, 6) is -1.33. The van der Waals surface area contributed by atoms with Crippen LogP contribution in [0.5, 0.6) is 0 Å². The Morgan fingerprint density at radius 2 is 1.25 bits per heavy atom. The average Bonchev–Trinajstić information content (AvgIpc) is 4.32. The normalized spacial score (nSPS) is 18.1. The Morgan fingerprint density at radius 1 is 0.767 bits per heavy atom. The van der Waals surface area contributed by atoms with Crippen LogP contribution in [0.2, 0.25) is 0 Å². The van der Waals surface area contributed by atoms with Gasteiger partial charge in [0.15, 0.2) is 10.1 Å². The SMILES string of the molecule is CC(=O)OOC(C)=O.COC(=S)CC[C@H]1CN(c2ccc(N3C=NN(CC4CC4)CC3)c(F)c2)C(=O)O1.COC(=S)CC[C@H]1CN(c2ccc(N3C=NNCC3)c(F)c2)C(=O)O1.O=CC1CC1.[B-]OC(C)=O.[Na+]. The predicted octanol–water partition coefficient (Wildman–Crippen LogP) is 2.90. The minimum atomic E-state index is -0.639. The molecule has 73 heavy (non-hydrogen) atoms. The van der Waals surface area contributed by atoms with Gasteiger partial charge in [-0.05, 0) is 105 Å². The number of halogens is 2. The summed E-state index contributed by atoms with van der Waals surface area (Å²) in [6.45, 7) is 7.95. The number of anilines is 4. The third kappa shape index (κ3) is 22.1. The quantitative estimate of drug-likeness (QED) is 0.100. The second kappa shape index (κ2) is 31.8. The minimum Gasteiger partial charge on any atom is -0.793 e. The molecule has 27 heteroatoms. The van der Waals surface area contributed by atoms with E-state index in [1.807, 2.05) is 0 Å². The number of hydrazone groups is 2. The number of ether oxygens (including phenoxy) is 4. The largest absolute Gasteiger partial charge is 1.00 e. The smallest absolute Gasteiger partial charge is 0.793 e. The summed E-state index contributed by atoms with van der Waals surface area (Å²) < 4.78 is 53.5. The zero-order valence-electron chi connectivity index (χ0n) is 41.7. The summed E-state index contributed by atoms with van der Waals surface area (Å²) in [5, 5.41) is 11.4. The summed E-state index contributed by atoms with van der Waals surface area (Å²) >= 11 is 10.0.